The highest BCUT2D eigenvalue weighted by atomic mass is 32.2. The Balaban J connectivity index is 1.72. The van der Waals surface area contributed by atoms with E-state index in [2.05, 4.69) is 0 Å². The van der Waals surface area contributed by atoms with Crippen molar-refractivity contribution in [3.8, 4) is 5.75 Å². The molecule has 144 valence electrons. The van der Waals surface area contributed by atoms with Gasteiger partial charge in [0.05, 0.1) is 0 Å². The maximum Gasteiger partial charge on any atom is 0.446 e. The van der Waals surface area contributed by atoms with Gasteiger partial charge in [-0.1, -0.05) is 24.3 Å². The zero-order chi connectivity index (χ0) is 19.4. The van der Waals surface area contributed by atoms with E-state index in [0.717, 1.165) is 23.6 Å². The monoisotopic (exact) mass is 402 g/mol. The van der Waals surface area contributed by atoms with Crippen molar-refractivity contribution in [2.45, 2.75) is 47.8 Å². The number of thioether (sulfide) groups is 1. The van der Waals surface area contributed by atoms with E-state index >= 15 is 0 Å². The first-order chi connectivity index (χ1) is 12.7. The SMILES string of the molecule is OC1c2c(SC(F)(F)F)ccc(OC3CCc4ccccc43)c2CC1(F)F. The van der Waals surface area contributed by atoms with Crippen LogP contribution in [0.4, 0.5) is 22.0 Å². The van der Waals surface area contributed by atoms with E-state index in [1.54, 1.807) is 0 Å². The van der Waals surface area contributed by atoms with Crippen LogP contribution in [-0.4, -0.2) is 16.5 Å². The minimum atomic E-state index is -4.64. The van der Waals surface area contributed by atoms with Gasteiger partial charge in [-0.2, -0.15) is 13.2 Å². The van der Waals surface area contributed by atoms with E-state index in [1.807, 2.05) is 24.3 Å². The Hall–Kier alpha value is -1.80. The summed E-state index contributed by atoms with van der Waals surface area (Å²) in [6.07, 6.45) is -2.04. The van der Waals surface area contributed by atoms with Gasteiger partial charge in [-0.3, -0.25) is 0 Å². The molecule has 2 atom stereocenters. The van der Waals surface area contributed by atoms with Crippen molar-refractivity contribution in [1.29, 1.82) is 0 Å². The molecule has 2 nitrogen and oxygen atoms in total. The molecule has 0 bridgehead atoms. The van der Waals surface area contributed by atoms with Crippen molar-refractivity contribution in [1.82, 2.24) is 0 Å². The second-order valence-electron chi connectivity index (χ2n) is 6.69. The lowest BCUT2D eigenvalue weighted by Crippen LogP contribution is -2.21. The minimum absolute atomic E-state index is 0.0499. The van der Waals surface area contributed by atoms with Crippen molar-refractivity contribution in [2.24, 2.45) is 0 Å². The van der Waals surface area contributed by atoms with Crippen LogP contribution in [0.2, 0.25) is 0 Å². The van der Waals surface area contributed by atoms with Crippen molar-refractivity contribution in [3.63, 3.8) is 0 Å². The van der Waals surface area contributed by atoms with Gasteiger partial charge in [0.1, 0.15) is 18.0 Å². The van der Waals surface area contributed by atoms with Crippen LogP contribution < -0.4 is 4.74 Å². The van der Waals surface area contributed by atoms with Gasteiger partial charge in [0.25, 0.3) is 5.92 Å². The number of ether oxygens (including phenoxy) is 1. The van der Waals surface area contributed by atoms with E-state index in [1.165, 1.54) is 6.07 Å². The summed E-state index contributed by atoms with van der Waals surface area (Å²) in [5, 5.41) is 9.94. The normalized spacial score (nSPS) is 23.2. The molecule has 2 aromatic rings. The van der Waals surface area contributed by atoms with Crippen LogP contribution in [0.1, 0.15) is 40.9 Å². The van der Waals surface area contributed by atoms with Gasteiger partial charge in [-0.15, -0.1) is 0 Å². The van der Waals surface area contributed by atoms with E-state index in [-0.39, 0.29) is 23.0 Å². The number of hydrogen-bond donors (Lipinski definition) is 1. The molecule has 1 N–H and O–H groups in total. The Bertz CT molecular complexity index is 881. The van der Waals surface area contributed by atoms with Crippen molar-refractivity contribution < 1.29 is 31.8 Å². The molecule has 0 heterocycles. The molecule has 0 saturated heterocycles. The van der Waals surface area contributed by atoms with Crippen molar-refractivity contribution >= 4 is 11.8 Å². The molecule has 0 spiro atoms. The van der Waals surface area contributed by atoms with E-state index in [0.29, 0.717) is 6.42 Å². The molecule has 2 aliphatic carbocycles. The molecule has 0 fully saturated rings. The smallest absolute Gasteiger partial charge is 0.446 e. The van der Waals surface area contributed by atoms with Gasteiger partial charge >= 0.3 is 5.51 Å². The van der Waals surface area contributed by atoms with E-state index in [9.17, 15) is 27.1 Å². The van der Waals surface area contributed by atoms with Crippen LogP contribution in [0.25, 0.3) is 0 Å². The van der Waals surface area contributed by atoms with Crippen LogP contribution in [0.15, 0.2) is 41.3 Å². The number of aliphatic hydroxyl groups excluding tert-OH is 1. The lowest BCUT2D eigenvalue weighted by molar-refractivity contribution is -0.0977. The van der Waals surface area contributed by atoms with Gasteiger partial charge in [0.15, 0.2) is 0 Å². The predicted octanol–water partition coefficient (Wildman–Crippen LogP) is 5.59. The Labute approximate surface area is 156 Å². The number of benzene rings is 2. The maximum absolute atomic E-state index is 14.1. The first-order valence-electron chi connectivity index (χ1n) is 8.37. The number of aliphatic hydroxyl groups is 1. The van der Waals surface area contributed by atoms with Crippen LogP contribution in [0.3, 0.4) is 0 Å². The largest absolute Gasteiger partial charge is 0.485 e. The molecule has 0 radical (unpaired) electrons. The van der Waals surface area contributed by atoms with Gasteiger partial charge in [0, 0.05) is 22.4 Å². The summed E-state index contributed by atoms with van der Waals surface area (Å²) in [6, 6.07) is 10.00. The summed E-state index contributed by atoms with van der Waals surface area (Å²) in [7, 11) is 0. The molecule has 0 amide bonds. The number of aryl methyl sites for hydroxylation is 1. The number of rotatable bonds is 3. The number of alkyl halides is 5. The highest BCUT2D eigenvalue weighted by molar-refractivity contribution is 8.00. The molecular formula is C19H15F5O2S. The number of halogens is 5. The topological polar surface area (TPSA) is 29.5 Å². The third-order valence-corrected chi connectivity index (χ3v) is 5.74. The Kier molecular flexibility index (Phi) is 4.38. The third kappa shape index (κ3) is 3.40. The summed E-state index contributed by atoms with van der Waals surface area (Å²) in [6.45, 7) is 0. The lowest BCUT2D eigenvalue weighted by atomic mass is 10.1. The second-order valence-corrected chi connectivity index (χ2v) is 7.79. The molecule has 0 aromatic heterocycles. The Morgan fingerprint density at radius 1 is 1.11 bits per heavy atom. The number of fused-ring (bicyclic) bond motifs is 2. The van der Waals surface area contributed by atoms with Gasteiger partial charge in [0.2, 0.25) is 0 Å². The average molecular weight is 402 g/mol. The highest BCUT2D eigenvalue weighted by Gasteiger charge is 2.50. The summed E-state index contributed by atoms with van der Waals surface area (Å²) >= 11 is -0.498. The van der Waals surface area contributed by atoms with Gasteiger partial charge < -0.3 is 9.84 Å². The molecule has 8 heteroatoms. The minimum Gasteiger partial charge on any atom is -0.485 e. The third-order valence-electron chi connectivity index (χ3n) is 4.93. The highest BCUT2D eigenvalue weighted by Crippen LogP contribution is 2.53. The molecule has 2 unspecified atom stereocenters. The fourth-order valence-corrected chi connectivity index (χ4v) is 4.50. The fraction of sp³-hybridized carbons (Fsp3) is 0.368. The predicted molar refractivity (Wildman–Crippen MR) is 90.1 cm³/mol. The first-order valence-corrected chi connectivity index (χ1v) is 9.19. The zero-order valence-electron chi connectivity index (χ0n) is 13.9. The van der Waals surface area contributed by atoms with Gasteiger partial charge in [-0.05, 0) is 47.9 Å². The Morgan fingerprint density at radius 3 is 2.59 bits per heavy atom. The molecule has 0 aliphatic heterocycles. The molecule has 27 heavy (non-hydrogen) atoms. The molecule has 4 rings (SSSR count). The van der Waals surface area contributed by atoms with Crippen molar-refractivity contribution in [3.05, 3.63) is 58.7 Å². The van der Waals surface area contributed by atoms with Crippen LogP contribution in [0.5, 0.6) is 5.75 Å². The lowest BCUT2D eigenvalue weighted by Gasteiger charge is -2.19. The van der Waals surface area contributed by atoms with Crippen LogP contribution in [0, 0.1) is 0 Å². The van der Waals surface area contributed by atoms with Crippen LogP contribution >= 0.6 is 11.8 Å². The molecule has 2 aromatic carbocycles. The maximum atomic E-state index is 14.1. The second kappa shape index (κ2) is 6.38. The summed E-state index contributed by atoms with van der Waals surface area (Å²) in [5.74, 6) is -3.43. The zero-order valence-corrected chi connectivity index (χ0v) is 14.7. The summed E-state index contributed by atoms with van der Waals surface area (Å²) in [4.78, 5) is -0.415. The summed E-state index contributed by atoms with van der Waals surface area (Å²) in [5.41, 5.74) is -3.02. The fourth-order valence-electron chi connectivity index (χ4n) is 3.77. The summed E-state index contributed by atoms with van der Waals surface area (Å²) < 4.78 is 72.5. The Morgan fingerprint density at radius 2 is 1.85 bits per heavy atom. The average Bonchev–Trinajstić information content (AvgIpc) is 3.08. The quantitative estimate of drug-likeness (QED) is 0.536. The van der Waals surface area contributed by atoms with E-state index < -0.39 is 40.6 Å². The number of hydrogen-bond acceptors (Lipinski definition) is 3. The van der Waals surface area contributed by atoms with Crippen LogP contribution in [-0.2, 0) is 12.8 Å². The molecule has 0 saturated carbocycles. The van der Waals surface area contributed by atoms with Gasteiger partial charge in [-0.25, -0.2) is 8.78 Å². The molecule has 2 aliphatic rings. The van der Waals surface area contributed by atoms with E-state index in [4.69, 9.17) is 4.74 Å². The molecular weight excluding hydrogens is 387 g/mol. The van der Waals surface area contributed by atoms with Crippen molar-refractivity contribution in [2.75, 3.05) is 0 Å². The standard InChI is InChI=1S/C19H15F5O2S/c20-18(21)9-12-14(26-13-6-5-10-3-1-2-4-11(10)13)7-8-15(16(12)17(18)25)27-19(22,23)24/h1-4,7-8,13,17,25H,5-6,9H2. The first kappa shape index (κ1) is 18.6.